The lowest BCUT2D eigenvalue weighted by atomic mass is 10.2. The fourth-order valence-electron chi connectivity index (χ4n) is 3.69. The van der Waals surface area contributed by atoms with Crippen molar-refractivity contribution >= 4 is 38.8 Å². The number of carbonyl (C=O) groups is 1. The van der Waals surface area contributed by atoms with E-state index in [9.17, 15) is 4.79 Å². The van der Waals surface area contributed by atoms with Crippen molar-refractivity contribution in [3.8, 4) is 34.5 Å². The van der Waals surface area contributed by atoms with Gasteiger partial charge in [0.25, 0.3) is 5.91 Å². The zero-order valence-corrected chi connectivity index (χ0v) is 22.6. The average molecular weight is 538 g/mol. The average Bonchev–Trinajstić information content (AvgIpc) is 3.38. The van der Waals surface area contributed by atoms with E-state index in [4.69, 9.17) is 28.4 Å². The van der Waals surface area contributed by atoms with E-state index in [1.807, 2.05) is 18.2 Å². The molecule has 198 valence electrons. The van der Waals surface area contributed by atoms with Crippen molar-refractivity contribution in [3.05, 3.63) is 59.7 Å². The standard InChI is InChI=1S/C27H27N3O7S/c1-32-18-8-9-19-24(14-18)38-27(29-19)30(26(31)17-7-10-20(33-2)21(13-17)34-3)28-15-16-11-22(35-4)25(37-6)23(12-16)36-5/h7-15H,1-6H3/b28-15+. The highest BCUT2D eigenvalue weighted by atomic mass is 32.1. The molecule has 0 aliphatic rings. The fraction of sp³-hybridized carbons (Fsp3) is 0.222. The van der Waals surface area contributed by atoms with Crippen LogP contribution in [0.25, 0.3) is 10.2 Å². The normalized spacial score (nSPS) is 10.9. The predicted octanol–water partition coefficient (Wildman–Crippen LogP) is 5.03. The fourth-order valence-corrected chi connectivity index (χ4v) is 4.64. The molecule has 10 nitrogen and oxygen atoms in total. The van der Waals surface area contributed by atoms with Crippen molar-refractivity contribution in [2.75, 3.05) is 47.7 Å². The SMILES string of the molecule is COc1ccc2nc(N(/N=C/c3cc(OC)c(OC)c(OC)c3)C(=O)c3ccc(OC)c(OC)c3)sc2c1. The van der Waals surface area contributed by atoms with E-state index >= 15 is 0 Å². The van der Waals surface area contributed by atoms with Crippen LogP contribution in [0.2, 0.25) is 0 Å². The number of hydrogen-bond donors (Lipinski definition) is 0. The number of aromatic nitrogens is 1. The molecule has 38 heavy (non-hydrogen) atoms. The largest absolute Gasteiger partial charge is 0.497 e. The van der Waals surface area contributed by atoms with Crippen molar-refractivity contribution in [2.45, 2.75) is 0 Å². The predicted molar refractivity (Wildman–Crippen MR) is 146 cm³/mol. The second-order valence-corrected chi connectivity index (χ2v) is 8.73. The summed E-state index contributed by atoms with van der Waals surface area (Å²) < 4.78 is 33.2. The van der Waals surface area contributed by atoms with Crippen LogP contribution in [0.4, 0.5) is 5.13 Å². The molecular weight excluding hydrogens is 510 g/mol. The molecule has 0 N–H and O–H groups in total. The number of methoxy groups -OCH3 is 6. The van der Waals surface area contributed by atoms with Crippen LogP contribution in [0.15, 0.2) is 53.6 Å². The minimum atomic E-state index is -0.416. The second-order valence-electron chi connectivity index (χ2n) is 7.72. The molecule has 0 saturated carbocycles. The second kappa shape index (κ2) is 11.7. The molecule has 1 amide bonds. The summed E-state index contributed by atoms with van der Waals surface area (Å²) in [6.07, 6.45) is 1.52. The lowest BCUT2D eigenvalue weighted by Crippen LogP contribution is -2.25. The third-order valence-corrected chi connectivity index (χ3v) is 6.59. The van der Waals surface area contributed by atoms with Gasteiger partial charge in [0, 0.05) is 11.1 Å². The molecule has 0 bridgehead atoms. The number of benzene rings is 3. The topological polar surface area (TPSA) is 101 Å². The highest BCUT2D eigenvalue weighted by Gasteiger charge is 2.23. The molecular formula is C27H27N3O7S. The highest BCUT2D eigenvalue weighted by Crippen LogP contribution is 2.38. The minimum absolute atomic E-state index is 0.335. The van der Waals surface area contributed by atoms with E-state index in [0.29, 0.717) is 56.3 Å². The summed E-state index contributed by atoms with van der Waals surface area (Å²) in [5.41, 5.74) is 1.66. The van der Waals surface area contributed by atoms with Crippen molar-refractivity contribution in [1.29, 1.82) is 0 Å². The Bertz CT molecular complexity index is 1460. The summed E-state index contributed by atoms with van der Waals surface area (Å²) in [6.45, 7) is 0. The maximum absolute atomic E-state index is 13.8. The van der Waals surface area contributed by atoms with E-state index in [0.717, 1.165) is 4.70 Å². The van der Waals surface area contributed by atoms with Gasteiger partial charge in [-0.1, -0.05) is 11.3 Å². The summed E-state index contributed by atoms with van der Waals surface area (Å²) in [5.74, 6) is 2.55. The smallest absolute Gasteiger partial charge is 0.280 e. The highest BCUT2D eigenvalue weighted by molar-refractivity contribution is 7.22. The summed E-state index contributed by atoms with van der Waals surface area (Å²) in [5, 5.41) is 6.14. The van der Waals surface area contributed by atoms with Crippen LogP contribution < -0.4 is 33.4 Å². The van der Waals surface area contributed by atoms with Gasteiger partial charge in [-0.3, -0.25) is 4.79 Å². The Labute approximate surface area is 223 Å². The molecule has 0 unspecified atom stereocenters. The van der Waals surface area contributed by atoms with E-state index in [2.05, 4.69) is 10.1 Å². The number of anilines is 1. The number of rotatable bonds is 10. The molecule has 1 aromatic heterocycles. The number of hydrazone groups is 1. The third kappa shape index (κ3) is 5.28. The van der Waals surface area contributed by atoms with E-state index in [1.165, 1.54) is 58.1 Å². The molecule has 0 spiro atoms. The Morgan fingerprint density at radius 3 is 2.08 bits per heavy atom. The maximum atomic E-state index is 13.8. The van der Waals surface area contributed by atoms with E-state index in [1.54, 1.807) is 37.4 Å². The Kier molecular flexibility index (Phi) is 8.17. The van der Waals surface area contributed by atoms with Gasteiger partial charge in [0.1, 0.15) is 5.75 Å². The van der Waals surface area contributed by atoms with Crippen molar-refractivity contribution in [1.82, 2.24) is 4.98 Å². The first-order valence-electron chi connectivity index (χ1n) is 11.3. The van der Waals surface area contributed by atoms with Crippen LogP contribution >= 0.6 is 11.3 Å². The number of carbonyl (C=O) groups excluding carboxylic acids is 1. The first-order chi connectivity index (χ1) is 18.5. The van der Waals surface area contributed by atoms with E-state index in [-0.39, 0.29) is 0 Å². The van der Waals surface area contributed by atoms with Gasteiger partial charge in [-0.15, -0.1) is 0 Å². The van der Waals surface area contributed by atoms with Crippen molar-refractivity contribution in [2.24, 2.45) is 5.10 Å². The van der Waals surface area contributed by atoms with Gasteiger partial charge in [0.05, 0.1) is 59.1 Å². The number of nitrogens with zero attached hydrogens (tertiary/aromatic N) is 3. The summed E-state index contributed by atoms with van der Waals surface area (Å²) in [6, 6.07) is 13.9. The Balaban J connectivity index is 1.81. The molecule has 3 aromatic carbocycles. The lowest BCUT2D eigenvalue weighted by Gasteiger charge is -2.16. The molecule has 0 aliphatic heterocycles. The van der Waals surface area contributed by atoms with Crippen LogP contribution in [0.5, 0.6) is 34.5 Å². The van der Waals surface area contributed by atoms with Gasteiger partial charge in [-0.25, -0.2) is 4.98 Å². The Morgan fingerprint density at radius 2 is 1.47 bits per heavy atom. The van der Waals surface area contributed by atoms with Gasteiger partial charge in [-0.2, -0.15) is 10.1 Å². The van der Waals surface area contributed by atoms with Gasteiger partial charge in [0.15, 0.2) is 23.0 Å². The van der Waals surface area contributed by atoms with Crippen LogP contribution in [0, 0.1) is 0 Å². The van der Waals surface area contributed by atoms with Crippen LogP contribution in [0.3, 0.4) is 0 Å². The quantitative estimate of drug-likeness (QED) is 0.205. The lowest BCUT2D eigenvalue weighted by molar-refractivity contribution is 0.0987. The number of amides is 1. The summed E-state index contributed by atoms with van der Waals surface area (Å²) in [4.78, 5) is 18.4. The molecule has 0 aliphatic carbocycles. The molecule has 0 radical (unpaired) electrons. The van der Waals surface area contributed by atoms with Gasteiger partial charge in [0.2, 0.25) is 10.9 Å². The number of hydrogen-bond acceptors (Lipinski definition) is 10. The molecule has 4 rings (SSSR count). The van der Waals surface area contributed by atoms with E-state index < -0.39 is 5.91 Å². The van der Waals surface area contributed by atoms with Crippen molar-refractivity contribution in [3.63, 3.8) is 0 Å². The van der Waals surface area contributed by atoms with Gasteiger partial charge in [-0.05, 0) is 48.5 Å². The minimum Gasteiger partial charge on any atom is -0.497 e. The third-order valence-electron chi connectivity index (χ3n) is 5.60. The van der Waals surface area contributed by atoms with Crippen LogP contribution in [-0.4, -0.2) is 59.8 Å². The molecule has 0 saturated heterocycles. The first kappa shape index (κ1) is 26.6. The Hall–Kier alpha value is -4.51. The molecule has 4 aromatic rings. The molecule has 0 fully saturated rings. The molecule has 11 heteroatoms. The van der Waals surface area contributed by atoms with Crippen molar-refractivity contribution < 1.29 is 33.2 Å². The van der Waals surface area contributed by atoms with Gasteiger partial charge < -0.3 is 28.4 Å². The molecule has 0 atom stereocenters. The number of fused-ring (bicyclic) bond motifs is 1. The van der Waals surface area contributed by atoms with Crippen LogP contribution in [-0.2, 0) is 0 Å². The number of ether oxygens (including phenoxy) is 6. The van der Waals surface area contributed by atoms with Gasteiger partial charge >= 0.3 is 0 Å². The maximum Gasteiger partial charge on any atom is 0.280 e. The Morgan fingerprint density at radius 1 is 0.789 bits per heavy atom. The first-order valence-corrected chi connectivity index (χ1v) is 12.1. The zero-order chi connectivity index (χ0) is 27.2. The number of thiazole rings is 1. The zero-order valence-electron chi connectivity index (χ0n) is 21.8. The summed E-state index contributed by atoms with van der Waals surface area (Å²) >= 11 is 1.31. The monoisotopic (exact) mass is 537 g/mol. The molecule has 1 heterocycles. The van der Waals surface area contributed by atoms with Crippen LogP contribution in [0.1, 0.15) is 15.9 Å². The summed E-state index contributed by atoms with van der Waals surface area (Å²) in [7, 11) is 9.22.